The molecule has 10 aromatic rings. The van der Waals surface area contributed by atoms with E-state index in [-0.39, 0.29) is 0 Å². The summed E-state index contributed by atoms with van der Waals surface area (Å²) in [6, 6.07) is 51.6. The van der Waals surface area contributed by atoms with Gasteiger partial charge in [0.2, 0.25) is 5.58 Å². The third-order valence-electron chi connectivity index (χ3n) is 9.30. The van der Waals surface area contributed by atoms with Gasteiger partial charge in [0, 0.05) is 22.4 Å². The van der Waals surface area contributed by atoms with E-state index in [4.69, 9.17) is 18.8 Å². The van der Waals surface area contributed by atoms with Crippen molar-refractivity contribution in [2.24, 2.45) is 0 Å². The SMILES string of the molecule is c1ccc(-c2nc(-c3ccccc3)[nH+]c(-c3cc(-c4ccc5oc6ccccc6c5c4)cc(-c4cc[nH+]c5c4oc4ccccc45)c3)n2)cc1. The van der Waals surface area contributed by atoms with Gasteiger partial charge >= 0.3 is 5.82 Å². The van der Waals surface area contributed by atoms with E-state index in [2.05, 4.69) is 76.7 Å². The molecule has 0 atom stereocenters. The third kappa shape index (κ3) is 4.73. The van der Waals surface area contributed by atoms with Gasteiger partial charge < -0.3 is 8.83 Å². The highest BCUT2D eigenvalue weighted by atomic mass is 16.3. The molecule has 0 amide bonds. The van der Waals surface area contributed by atoms with Crippen LogP contribution >= 0.6 is 0 Å². The average molecular weight is 645 g/mol. The number of aromatic nitrogens is 4. The molecule has 0 aliphatic carbocycles. The Morgan fingerprint density at radius 2 is 1.04 bits per heavy atom. The number of nitrogens with one attached hydrogen (secondary N) is 2. The number of aromatic amines is 2. The fraction of sp³-hybridized carbons (Fsp3) is 0. The molecule has 0 aliphatic heterocycles. The monoisotopic (exact) mass is 644 g/mol. The third-order valence-corrected chi connectivity index (χ3v) is 9.30. The van der Waals surface area contributed by atoms with Crippen LogP contribution in [0.3, 0.4) is 0 Å². The van der Waals surface area contributed by atoms with E-state index in [0.717, 1.165) is 88.8 Å². The van der Waals surface area contributed by atoms with Crippen molar-refractivity contribution in [3.05, 3.63) is 158 Å². The Kier molecular flexibility index (Phi) is 6.39. The van der Waals surface area contributed by atoms with E-state index in [1.807, 2.05) is 91.1 Å². The molecule has 50 heavy (non-hydrogen) atoms. The largest absolute Gasteiger partial charge is 0.456 e. The van der Waals surface area contributed by atoms with Crippen LogP contribution in [-0.4, -0.2) is 9.97 Å². The van der Waals surface area contributed by atoms with Gasteiger partial charge in [0.05, 0.1) is 22.1 Å². The van der Waals surface area contributed by atoms with E-state index in [1.165, 1.54) is 0 Å². The van der Waals surface area contributed by atoms with Crippen LogP contribution in [0.25, 0.3) is 100 Å². The van der Waals surface area contributed by atoms with Gasteiger partial charge in [-0.2, -0.15) is 0 Å². The minimum Gasteiger partial charge on any atom is -0.456 e. The lowest BCUT2D eigenvalue weighted by atomic mass is 9.95. The van der Waals surface area contributed by atoms with Crippen LogP contribution in [0, 0.1) is 0 Å². The summed E-state index contributed by atoms with van der Waals surface area (Å²) in [5, 5.41) is 3.21. The maximum absolute atomic E-state index is 6.50. The van der Waals surface area contributed by atoms with Crippen LogP contribution in [0.2, 0.25) is 0 Å². The van der Waals surface area contributed by atoms with E-state index >= 15 is 0 Å². The lowest BCUT2D eigenvalue weighted by Gasteiger charge is -2.10. The summed E-state index contributed by atoms with van der Waals surface area (Å²) in [5.74, 6) is 2.09. The van der Waals surface area contributed by atoms with E-state index < -0.39 is 0 Å². The van der Waals surface area contributed by atoms with Gasteiger partial charge in [-0.25, -0.2) is 9.97 Å². The molecule has 234 valence electrons. The molecule has 10 rings (SSSR count). The van der Waals surface area contributed by atoms with Crippen LogP contribution in [0.4, 0.5) is 0 Å². The van der Waals surface area contributed by atoms with Gasteiger partial charge in [0.1, 0.15) is 16.7 Å². The van der Waals surface area contributed by atoms with Crippen molar-refractivity contribution in [3.63, 3.8) is 0 Å². The summed E-state index contributed by atoms with van der Waals surface area (Å²) in [5.41, 5.74) is 11.3. The molecule has 6 heteroatoms. The summed E-state index contributed by atoms with van der Waals surface area (Å²) < 4.78 is 12.7. The highest BCUT2D eigenvalue weighted by molar-refractivity contribution is 6.07. The lowest BCUT2D eigenvalue weighted by molar-refractivity contribution is -0.359. The molecule has 0 fully saturated rings. The Morgan fingerprint density at radius 3 is 1.84 bits per heavy atom. The number of furan rings is 2. The molecule has 6 nitrogen and oxygen atoms in total. The predicted molar refractivity (Wildman–Crippen MR) is 197 cm³/mol. The van der Waals surface area contributed by atoms with Crippen molar-refractivity contribution in [2.75, 3.05) is 0 Å². The number of hydrogen-bond donors (Lipinski definition) is 0. The molecule has 0 saturated carbocycles. The van der Waals surface area contributed by atoms with Crippen molar-refractivity contribution >= 4 is 44.0 Å². The highest BCUT2D eigenvalue weighted by Gasteiger charge is 2.23. The molecule has 0 aliphatic rings. The molecular weight excluding hydrogens is 617 g/mol. The zero-order valence-corrected chi connectivity index (χ0v) is 26.7. The molecule has 0 radical (unpaired) electrons. The Bertz CT molecular complexity index is 2820. The van der Waals surface area contributed by atoms with Gasteiger partial charge in [-0.05, 0) is 89.5 Å². The van der Waals surface area contributed by atoms with E-state index in [0.29, 0.717) is 11.6 Å². The first-order valence-electron chi connectivity index (χ1n) is 16.6. The van der Waals surface area contributed by atoms with Crippen LogP contribution in [0.1, 0.15) is 0 Å². The van der Waals surface area contributed by atoms with Gasteiger partial charge in [-0.1, -0.05) is 82.8 Å². The van der Waals surface area contributed by atoms with Crippen LogP contribution in [0.5, 0.6) is 0 Å². The second-order valence-electron chi connectivity index (χ2n) is 12.4. The number of pyridine rings is 1. The maximum atomic E-state index is 6.50. The van der Waals surface area contributed by atoms with Gasteiger partial charge in [-0.15, -0.1) is 0 Å². The molecule has 2 N–H and O–H groups in total. The first-order valence-corrected chi connectivity index (χ1v) is 16.6. The fourth-order valence-electron chi connectivity index (χ4n) is 6.87. The zero-order chi connectivity index (χ0) is 33.0. The number of hydrogen-bond acceptors (Lipinski definition) is 4. The number of fused-ring (bicyclic) bond motifs is 6. The van der Waals surface area contributed by atoms with Crippen molar-refractivity contribution in [3.8, 4) is 56.4 Å². The fourth-order valence-corrected chi connectivity index (χ4v) is 6.87. The summed E-state index contributed by atoms with van der Waals surface area (Å²) in [6.07, 6.45) is 1.98. The zero-order valence-electron chi connectivity index (χ0n) is 26.7. The normalized spacial score (nSPS) is 11.6. The van der Waals surface area contributed by atoms with Crippen LogP contribution in [-0.2, 0) is 0 Å². The average Bonchev–Trinajstić information content (AvgIpc) is 3.76. The quantitative estimate of drug-likeness (QED) is 0.187. The Balaban J connectivity index is 1.24. The highest BCUT2D eigenvalue weighted by Crippen LogP contribution is 2.39. The molecule has 0 saturated heterocycles. The number of rotatable bonds is 5. The van der Waals surface area contributed by atoms with Crippen molar-refractivity contribution in [2.45, 2.75) is 0 Å². The predicted octanol–water partition coefficient (Wildman–Crippen LogP) is 10.2. The maximum Gasteiger partial charge on any atom is 0.308 e. The number of H-pyrrole nitrogens is 2. The summed E-state index contributed by atoms with van der Waals surface area (Å²) in [6.45, 7) is 0. The topological polar surface area (TPSA) is 80.3 Å². The van der Waals surface area contributed by atoms with E-state index in [1.54, 1.807) is 0 Å². The summed E-state index contributed by atoms with van der Waals surface area (Å²) in [7, 11) is 0. The Labute approximate surface area is 286 Å². The Hall–Kier alpha value is -6.92. The van der Waals surface area contributed by atoms with Crippen LogP contribution < -0.4 is 9.97 Å². The van der Waals surface area contributed by atoms with Gasteiger partial charge in [0.25, 0.3) is 17.2 Å². The molecule has 0 bridgehead atoms. The number of nitrogens with zero attached hydrogens (tertiary/aromatic N) is 2. The minimum absolute atomic E-state index is 0.644. The van der Waals surface area contributed by atoms with Crippen molar-refractivity contribution < 1.29 is 18.8 Å². The smallest absolute Gasteiger partial charge is 0.308 e. The molecule has 6 aromatic carbocycles. The minimum atomic E-state index is 0.644. The number of benzene rings is 6. The molecular formula is C44H28N4O2+2. The molecule has 4 heterocycles. The van der Waals surface area contributed by atoms with Gasteiger partial charge in [0.15, 0.2) is 6.20 Å². The molecule has 0 unspecified atom stereocenters. The lowest BCUT2D eigenvalue weighted by Crippen LogP contribution is -2.17. The second kappa shape index (κ2) is 11.4. The molecule has 4 aromatic heterocycles. The van der Waals surface area contributed by atoms with Crippen LogP contribution in [0.15, 0.2) is 167 Å². The second-order valence-corrected chi connectivity index (χ2v) is 12.4. The Morgan fingerprint density at radius 1 is 0.420 bits per heavy atom. The van der Waals surface area contributed by atoms with E-state index in [9.17, 15) is 0 Å². The summed E-state index contributed by atoms with van der Waals surface area (Å²) in [4.78, 5) is 17.1. The first-order chi connectivity index (χ1) is 24.7. The van der Waals surface area contributed by atoms with Gasteiger partial charge in [-0.3, -0.25) is 0 Å². The number of para-hydroxylation sites is 2. The van der Waals surface area contributed by atoms with Crippen molar-refractivity contribution in [1.29, 1.82) is 0 Å². The standard InChI is InChI=1S/C44H26N4O2/c1-3-11-27(12-4-1)42-46-43(28-13-5-2-6-14-28)48-44(47-42)32-24-30(29-19-20-39-36(26-29)34-15-7-9-17-37(34)49-39)23-31(25-32)33-21-22-45-40-35-16-8-10-18-38(35)50-41(33)40/h1-26H/p+2. The molecule has 0 spiro atoms. The van der Waals surface area contributed by atoms with Crippen molar-refractivity contribution in [1.82, 2.24) is 9.97 Å². The first kappa shape index (κ1) is 28.1. The summed E-state index contributed by atoms with van der Waals surface area (Å²) >= 11 is 0.